The number of hydrogen-bond donors (Lipinski definition) is 1. The maximum atomic E-state index is 8.39. The van der Waals surface area contributed by atoms with Crippen LogP contribution in [0.25, 0.3) is 0 Å². The third-order valence-electron chi connectivity index (χ3n) is 1.42. The monoisotopic (exact) mass is 142 g/mol. The Morgan fingerprint density at radius 1 is 1.30 bits per heavy atom. The molecule has 0 aromatic rings. The maximum Gasteiger partial charge on any atom is 0.0612 e. The minimum atomic E-state index is 0.182. The Kier molecular flexibility index (Phi) is 6.61. The van der Waals surface area contributed by atoms with E-state index in [1.165, 1.54) is 12.8 Å². The molecule has 0 bridgehead atoms. The molecule has 0 saturated heterocycles. The predicted molar refractivity (Wildman–Crippen MR) is 44.9 cm³/mol. The third kappa shape index (κ3) is 7.70. The van der Waals surface area contributed by atoms with Crippen molar-refractivity contribution in [1.29, 1.82) is 0 Å². The second-order valence-corrected chi connectivity index (χ2v) is 2.98. The number of aliphatic hydroxyl groups excluding tert-OH is 1. The van der Waals surface area contributed by atoms with E-state index in [1.807, 2.05) is 6.08 Å². The van der Waals surface area contributed by atoms with E-state index in [9.17, 15) is 0 Å². The van der Waals surface area contributed by atoms with Gasteiger partial charge in [-0.1, -0.05) is 32.4 Å². The summed E-state index contributed by atoms with van der Waals surface area (Å²) in [6.07, 6.45) is 7.49. The molecule has 0 aromatic carbocycles. The van der Waals surface area contributed by atoms with Crippen molar-refractivity contribution in [2.45, 2.75) is 33.1 Å². The van der Waals surface area contributed by atoms with Crippen LogP contribution in [-0.4, -0.2) is 11.7 Å². The van der Waals surface area contributed by atoms with Gasteiger partial charge in [0.2, 0.25) is 0 Å². The molecule has 0 amide bonds. The van der Waals surface area contributed by atoms with Crippen LogP contribution in [0.3, 0.4) is 0 Å². The van der Waals surface area contributed by atoms with E-state index in [0.717, 1.165) is 12.3 Å². The number of aliphatic hydroxyl groups is 1. The van der Waals surface area contributed by atoms with Crippen molar-refractivity contribution in [3.8, 4) is 0 Å². The zero-order chi connectivity index (χ0) is 7.82. The molecule has 1 N–H and O–H groups in total. The van der Waals surface area contributed by atoms with Gasteiger partial charge in [0, 0.05) is 0 Å². The Labute approximate surface area is 63.8 Å². The van der Waals surface area contributed by atoms with Crippen molar-refractivity contribution in [3.05, 3.63) is 12.2 Å². The van der Waals surface area contributed by atoms with Crippen LogP contribution in [-0.2, 0) is 0 Å². The molecule has 0 spiro atoms. The van der Waals surface area contributed by atoms with Gasteiger partial charge in [0.25, 0.3) is 0 Å². The first kappa shape index (κ1) is 9.70. The highest BCUT2D eigenvalue weighted by molar-refractivity contribution is 4.80. The Morgan fingerprint density at radius 3 is 2.50 bits per heavy atom. The molecule has 1 nitrogen and oxygen atoms in total. The second-order valence-electron chi connectivity index (χ2n) is 2.98. The topological polar surface area (TPSA) is 20.2 Å². The molecule has 0 heterocycles. The van der Waals surface area contributed by atoms with Crippen LogP contribution in [0.2, 0.25) is 0 Å². The quantitative estimate of drug-likeness (QED) is 0.461. The minimum Gasteiger partial charge on any atom is -0.392 e. The van der Waals surface area contributed by atoms with Crippen LogP contribution in [0.4, 0.5) is 0 Å². The van der Waals surface area contributed by atoms with Gasteiger partial charge in [-0.15, -0.1) is 0 Å². The first-order valence-corrected chi connectivity index (χ1v) is 4.03. The van der Waals surface area contributed by atoms with Crippen molar-refractivity contribution in [3.63, 3.8) is 0 Å². The highest BCUT2D eigenvalue weighted by Gasteiger charge is 1.90. The first-order chi connectivity index (χ1) is 4.77. The van der Waals surface area contributed by atoms with Crippen molar-refractivity contribution in [2.24, 2.45) is 5.92 Å². The van der Waals surface area contributed by atoms with Gasteiger partial charge in [0.05, 0.1) is 6.61 Å². The summed E-state index contributed by atoms with van der Waals surface area (Å²) in [5.41, 5.74) is 0. The van der Waals surface area contributed by atoms with Gasteiger partial charge in [-0.3, -0.25) is 0 Å². The van der Waals surface area contributed by atoms with Crippen LogP contribution in [0, 0.1) is 5.92 Å². The summed E-state index contributed by atoms with van der Waals surface area (Å²) < 4.78 is 0. The largest absolute Gasteiger partial charge is 0.392 e. The van der Waals surface area contributed by atoms with Gasteiger partial charge < -0.3 is 5.11 Å². The summed E-state index contributed by atoms with van der Waals surface area (Å²) >= 11 is 0. The highest BCUT2D eigenvalue weighted by atomic mass is 16.2. The minimum absolute atomic E-state index is 0.182. The molecule has 0 aliphatic carbocycles. The Balaban J connectivity index is 2.97. The predicted octanol–water partition coefficient (Wildman–Crippen LogP) is 2.36. The van der Waals surface area contributed by atoms with Crippen LogP contribution in [0.1, 0.15) is 33.1 Å². The summed E-state index contributed by atoms with van der Waals surface area (Å²) in [5, 5.41) is 8.39. The molecule has 0 fully saturated rings. The van der Waals surface area contributed by atoms with E-state index in [1.54, 1.807) is 6.08 Å². The molecule has 0 radical (unpaired) electrons. The van der Waals surface area contributed by atoms with E-state index in [-0.39, 0.29) is 6.61 Å². The molecule has 0 saturated carbocycles. The van der Waals surface area contributed by atoms with Crippen molar-refractivity contribution in [1.82, 2.24) is 0 Å². The normalized spacial score (nSPS) is 11.6. The molecule has 60 valence electrons. The fourth-order valence-electron chi connectivity index (χ4n) is 0.836. The van der Waals surface area contributed by atoms with Gasteiger partial charge in [-0.25, -0.2) is 0 Å². The average Bonchev–Trinajstić information content (AvgIpc) is 1.87. The molecule has 0 unspecified atom stereocenters. The Hall–Kier alpha value is -0.300. The lowest BCUT2D eigenvalue weighted by atomic mass is 10.1. The van der Waals surface area contributed by atoms with E-state index < -0.39 is 0 Å². The van der Waals surface area contributed by atoms with Crippen molar-refractivity contribution >= 4 is 0 Å². The lowest BCUT2D eigenvalue weighted by molar-refractivity contribution is 0.342. The van der Waals surface area contributed by atoms with Crippen LogP contribution in [0.5, 0.6) is 0 Å². The van der Waals surface area contributed by atoms with Crippen molar-refractivity contribution in [2.75, 3.05) is 6.61 Å². The zero-order valence-electron chi connectivity index (χ0n) is 7.01. The lowest BCUT2D eigenvalue weighted by Gasteiger charge is -1.99. The smallest absolute Gasteiger partial charge is 0.0612 e. The Bertz CT molecular complexity index is 84.7. The molecular formula is C9H18O. The number of hydrogen-bond acceptors (Lipinski definition) is 1. The Morgan fingerprint density at radius 2 is 2.00 bits per heavy atom. The summed E-state index contributed by atoms with van der Waals surface area (Å²) in [6.45, 7) is 4.65. The third-order valence-corrected chi connectivity index (χ3v) is 1.42. The van der Waals surface area contributed by atoms with Gasteiger partial charge in [-0.2, -0.15) is 0 Å². The molecule has 0 aliphatic heterocycles. The molecule has 0 rings (SSSR count). The van der Waals surface area contributed by atoms with E-state index in [2.05, 4.69) is 13.8 Å². The van der Waals surface area contributed by atoms with Gasteiger partial charge in [-0.05, 0) is 18.8 Å². The number of unbranched alkanes of at least 4 members (excludes halogenated alkanes) is 1. The highest BCUT2D eigenvalue weighted by Crippen LogP contribution is 2.05. The van der Waals surface area contributed by atoms with Gasteiger partial charge in [0.1, 0.15) is 0 Å². The molecule has 1 heteroatoms. The summed E-state index contributed by atoms with van der Waals surface area (Å²) in [6, 6.07) is 0. The van der Waals surface area contributed by atoms with Crippen LogP contribution in [0.15, 0.2) is 12.2 Å². The molecule has 0 atom stereocenters. The lowest BCUT2D eigenvalue weighted by Crippen LogP contribution is -1.85. The second kappa shape index (κ2) is 6.81. The van der Waals surface area contributed by atoms with Gasteiger partial charge in [0.15, 0.2) is 0 Å². The molecular weight excluding hydrogens is 124 g/mol. The fourth-order valence-corrected chi connectivity index (χ4v) is 0.836. The number of rotatable bonds is 5. The standard InChI is InChI=1S/C9H18O/c1-9(2)7-5-3-4-6-8-10/h4,6,9-10H,3,5,7-8H2,1-2H3. The van der Waals surface area contributed by atoms with E-state index in [0.29, 0.717) is 0 Å². The van der Waals surface area contributed by atoms with Crippen molar-refractivity contribution < 1.29 is 5.11 Å². The molecule has 0 aliphatic rings. The maximum absolute atomic E-state index is 8.39. The average molecular weight is 142 g/mol. The summed E-state index contributed by atoms with van der Waals surface area (Å²) in [5.74, 6) is 0.808. The van der Waals surface area contributed by atoms with Gasteiger partial charge >= 0.3 is 0 Å². The zero-order valence-corrected chi connectivity index (χ0v) is 7.01. The number of allylic oxidation sites excluding steroid dienone is 1. The molecule has 0 aromatic heterocycles. The first-order valence-electron chi connectivity index (χ1n) is 4.03. The van der Waals surface area contributed by atoms with Crippen LogP contribution < -0.4 is 0 Å². The summed E-state index contributed by atoms with van der Waals surface area (Å²) in [7, 11) is 0. The van der Waals surface area contributed by atoms with E-state index in [4.69, 9.17) is 5.11 Å². The van der Waals surface area contributed by atoms with Crippen LogP contribution >= 0.6 is 0 Å². The molecule has 10 heavy (non-hydrogen) atoms. The SMILES string of the molecule is CC(C)CCCC=CCO. The van der Waals surface area contributed by atoms with E-state index >= 15 is 0 Å². The fraction of sp³-hybridized carbons (Fsp3) is 0.778. The summed E-state index contributed by atoms with van der Waals surface area (Å²) in [4.78, 5) is 0.